The quantitative estimate of drug-likeness (QED) is 0.940. The van der Waals surface area contributed by atoms with E-state index in [-0.39, 0.29) is 11.9 Å². The molecule has 0 bridgehead atoms. The van der Waals surface area contributed by atoms with E-state index in [1.807, 2.05) is 25.1 Å². The molecule has 5 nitrogen and oxygen atoms in total. The Morgan fingerprint density at radius 3 is 2.75 bits per heavy atom. The molecule has 5 heteroatoms. The van der Waals surface area contributed by atoms with E-state index in [1.165, 1.54) is 24.7 Å². The van der Waals surface area contributed by atoms with Gasteiger partial charge in [-0.2, -0.15) is 5.26 Å². The van der Waals surface area contributed by atoms with Crippen molar-refractivity contribution in [2.24, 2.45) is 0 Å². The molecule has 122 valence electrons. The van der Waals surface area contributed by atoms with Crippen molar-refractivity contribution in [3.63, 3.8) is 0 Å². The third-order valence-corrected chi connectivity index (χ3v) is 4.31. The van der Waals surface area contributed by atoms with Gasteiger partial charge < -0.3 is 10.2 Å². The Morgan fingerprint density at radius 1 is 1.29 bits per heavy atom. The second-order valence-electron chi connectivity index (χ2n) is 6.03. The minimum Gasteiger partial charge on any atom is -0.372 e. The number of hydrogen-bond acceptors (Lipinski definition) is 4. The highest BCUT2D eigenvalue weighted by molar-refractivity contribution is 5.92. The van der Waals surface area contributed by atoms with E-state index in [1.54, 1.807) is 12.1 Å². The molecule has 1 aromatic carbocycles. The van der Waals surface area contributed by atoms with Gasteiger partial charge >= 0.3 is 0 Å². The number of amides is 1. The maximum Gasteiger partial charge on any atom is 0.270 e. The van der Waals surface area contributed by atoms with Crippen molar-refractivity contribution < 1.29 is 4.79 Å². The molecule has 1 saturated heterocycles. The van der Waals surface area contributed by atoms with E-state index in [0.717, 1.165) is 18.7 Å². The van der Waals surface area contributed by atoms with E-state index >= 15 is 0 Å². The van der Waals surface area contributed by atoms with Crippen LogP contribution in [0.3, 0.4) is 0 Å². The van der Waals surface area contributed by atoms with Gasteiger partial charge in [-0.1, -0.05) is 12.1 Å². The Morgan fingerprint density at radius 2 is 2.08 bits per heavy atom. The van der Waals surface area contributed by atoms with Crippen molar-refractivity contribution in [1.29, 1.82) is 5.26 Å². The molecule has 24 heavy (non-hydrogen) atoms. The molecular formula is C19H20N4O. The molecule has 1 aliphatic rings. The van der Waals surface area contributed by atoms with E-state index < -0.39 is 0 Å². The number of carbonyl (C=O) groups excluding carboxylic acids is 1. The average molecular weight is 320 g/mol. The number of nitrogens with zero attached hydrogens (tertiary/aromatic N) is 3. The topological polar surface area (TPSA) is 69.0 Å². The Bertz CT molecular complexity index is 758. The van der Waals surface area contributed by atoms with Crippen LogP contribution < -0.4 is 10.2 Å². The smallest absolute Gasteiger partial charge is 0.270 e. The van der Waals surface area contributed by atoms with Gasteiger partial charge in [0.25, 0.3) is 5.91 Å². The van der Waals surface area contributed by atoms with Crippen LogP contribution in [0.1, 0.15) is 47.4 Å². The molecular weight excluding hydrogens is 300 g/mol. The van der Waals surface area contributed by atoms with E-state index in [2.05, 4.69) is 27.3 Å². The van der Waals surface area contributed by atoms with Crippen LogP contribution in [0.25, 0.3) is 0 Å². The number of hydrogen-bond donors (Lipinski definition) is 1. The molecule has 0 spiro atoms. The van der Waals surface area contributed by atoms with Crippen LogP contribution in [0.15, 0.2) is 42.6 Å². The molecule has 3 rings (SSSR count). The second-order valence-corrected chi connectivity index (χ2v) is 6.03. The fraction of sp³-hybridized carbons (Fsp3) is 0.316. The third kappa shape index (κ3) is 3.54. The van der Waals surface area contributed by atoms with Crippen molar-refractivity contribution in [2.45, 2.75) is 25.8 Å². The van der Waals surface area contributed by atoms with E-state index in [4.69, 9.17) is 5.26 Å². The number of pyridine rings is 1. The molecule has 2 aromatic rings. The van der Waals surface area contributed by atoms with Gasteiger partial charge in [-0.15, -0.1) is 0 Å². The predicted octanol–water partition coefficient (Wildman–Crippen LogP) is 3.04. The minimum absolute atomic E-state index is 0.113. The zero-order valence-electron chi connectivity index (χ0n) is 13.7. The van der Waals surface area contributed by atoms with Gasteiger partial charge in [0.1, 0.15) is 11.8 Å². The lowest BCUT2D eigenvalue weighted by Crippen LogP contribution is -2.27. The van der Waals surface area contributed by atoms with E-state index in [9.17, 15) is 4.79 Å². The number of rotatable bonds is 4. The summed E-state index contributed by atoms with van der Waals surface area (Å²) in [6.07, 6.45) is 3.88. The SMILES string of the molecule is C[C@@H](NC(=O)c1ccc(C#N)cn1)c1cccc(N2CCCC2)c1. The highest BCUT2D eigenvalue weighted by Gasteiger charge is 2.16. The van der Waals surface area contributed by atoms with Crippen molar-refractivity contribution in [2.75, 3.05) is 18.0 Å². The second kappa shape index (κ2) is 7.14. The fourth-order valence-corrected chi connectivity index (χ4v) is 2.91. The van der Waals surface area contributed by atoms with Crippen LogP contribution in [0, 0.1) is 11.3 Å². The standard InChI is InChI=1S/C19H20N4O/c1-14(22-19(24)18-8-7-15(12-20)13-21-18)16-5-4-6-17(11-16)23-9-2-3-10-23/h4-8,11,13-14H,2-3,9-10H2,1H3,(H,22,24)/t14-/m1/s1. The van der Waals surface area contributed by atoms with Crippen LogP contribution in [0.2, 0.25) is 0 Å². The molecule has 1 atom stereocenters. The van der Waals surface area contributed by atoms with Crippen molar-refractivity contribution in [3.05, 3.63) is 59.4 Å². The summed E-state index contributed by atoms with van der Waals surface area (Å²) in [6.45, 7) is 4.16. The van der Waals surface area contributed by atoms with Crippen molar-refractivity contribution >= 4 is 11.6 Å². The lowest BCUT2D eigenvalue weighted by atomic mass is 10.1. The molecule has 0 radical (unpaired) electrons. The van der Waals surface area contributed by atoms with Crippen LogP contribution in [-0.4, -0.2) is 24.0 Å². The number of benzene rings is 1. The molecule has 1 aliphatic heterocycles. The first-order valence-corrected chi connectivity index (χ1v) is 8.19. The van der Waals surface area contributed by atoms with Gasteiger partial charge in [-0.25, -0.2) is 4.98 Å². The minimum atomic E-state index is -0.237. The van der Waals surface area contributed by atoms with Gasteiger partial charge in [0.15, 0.2) is 0 Å². The lowest BCUT2D eigenvalue weighted by molar-refractivity contribution is 0.0935. The third-order valence-electron chi connectivity index (χ3n) is 4.31. The summed E-state index contributed by atoms with van der Waals surface area (Å²) in [5, 5.41) is 11.7. The summed E-state index contributed by atoms with van der Waals surface area (Å²) in [5.41, 5.74) is 3.04. The number of nitrogens with one attached hydrogen (secondary N) is 1. The maximum absolute atomic E-state index is 12.3. The molecule has 0 aliphatic carbocycles. The van der Waals surface area contributed by atoms with Crippen LogP contribution in [0.5, 0.6) is 0 Å². The van der Waals surface area contributed by atoms with Crippen LogP contribution in [0.4, 0.5) is 5.69 Å². The van der Waals surface area contributed by atoms with Gasteiger partial charge in [0.2, 0.25) is 0 Å². The summed E-state index contributed by atoms with van der Waals surface area (Å²) in [5.74, 6) is -0.237. The zero-order valence-corrected chi connectivity index (χ0v) is 13.7. The largest absolute Gasteiger partial charge is 0.372 e. The Kier molecular flexibility index (Phi) is 4.76. The average Bonchev–Trinajstić information content (AvgIpc) is 3.16. The summed E-state index contributed by atoms with van der Waals surface area (Å²) in [7, 11) is 0. The summed E-state index contributed by atoms with van der Waals surface area (Å²) in [6, 6.07) is 13.4. The molecule has 2 heterocycles. The number of anilines is 1. The molecule has 1 aromatic heterocycles. The first-order chi connectivity index (χ1) is 11.7. The van der Waals surface area contributed by atoms with Crippen molar-refractivity contribution in [3.8, 4) is 6.07 Å². The Labute approximate surface area is 141 Å². The maximum atomic E-state index is 12.3. The highest BCUT2D eigenvalue weighted by atomic mass is 16.1. The van der Waals surface area contributed by atoms with Crippen molar-refractivity contribution in [1.82, 2.24) is 10.3 Å². The summed E-state index contributed by atoms with van der Waals surface area (Å²) in [4.78, 5) is 18.7. The van der Waals surface area contributed by atoms with Gasteiger partial charge in [0.05, 0.1) is 11.6 Å². The number of aromatic nitrogens is 1. The lowest BCUT2D eigenvalue weighted by Gasteiger charge is -2.20. The molecule has 0 saturated carbocycles. The Hall–Kier alpha value is -2.87. The first kappa shape index (κ1) is 16.0. The highest BCUT2D eigenvalue weighted by Crippen LogP contribution is 2.24. The van der Waals surface area contributed by atoms with Crippen LogP contribution in [-0.2, 0) is 0 Å². The van der Waals surface area contributed by atoms with Gasteiger partial charge in [-0.3, -0.25) is 4.79 Å². The molecule has 0 unspecified atom stereocenters. The summed E-state index contributed by atoms with van der Waals surface area (Å²) < 4.78 is 0. The van der Waals surface area contributed by atoms with Gasteiger partial charge in [-0.05, 0) is 49.6 Å². The zero-order chi connectivity index (χ0) is 16.9. The van der Waals surface area contributed by atoms with Crippen LogP contribution >= 0.6 is 0 Å². The molecule has 1 N–H and O–H groups in total. The first-order valence-electron chi connectivity index (χ1n) is 8.19. The monoisotopic (exact) mass is 320 g/mol. The normalized spacial score (nSPS) is 14.9. The predicted molar refractivity (Wildman–Crippen MR) is 92.7 cm³/mol. The molecule has 1 amide bonds. The number of carbonyl (C=O) groups is 1. The fourth-order valence-electron chi connectivity index (χ4n) is 2.91. The Balaban J connectivity index is 1.69. The van der Waals surface area contributed by atoms with E-state index in [0.29, 0.717) is 11.3 Å². The molecule has 1 fully saturated rings. The summed E-state index contributed by atoms with van der Waals surface area (Å²) >= 11 is 0. The number of nitriles is 1. The van der Waals surface area contributed by atoms with Gasteiger partial charge in [0, 0.05) is 25.0 Å².